The third-order valence-corrected chi connectivity index (χ3v) is 5.25. The lowest BCUT2D eigenvalue weighted by atomic mass is 10.2. The van der Waals surface area contributed by atoms with E-state index in [9.17, 15) is 9.18 Å². The van der Waals surface area contributed by atoms with E-state index in [4.69, 9.17) is 0 Å². The lowest BCUT2D eigenvalue weighted by Gasteiger charge is -2.05. The third-order valence-electron chi connectivity index (χ3n) is 3.30. The van der Waals surface area contributed by atoms with E-state index in [1.54, 1.807) is 23.9 Å². The summed E-state index contributed by atoms with van der Waals surface area (Å²) in [6, 6.07) is 13.0. The van der Waals surface area contributed by atoms with Gasteiger partial charge in [0.2, 0.25) is 11.0 Å². The maximum atomic E-state index is 13.6. The van der Waals surface area contributed by atoms with Crippen molar-refractivity contribution in [3.8, 4) is 0 Å². The first kappa shape index (κ1) is 16.7. The number of thiazole rings is 1. The second kappa shape index (κ2) is 7.63. The highest BCUT2D eigenvalue weighted by Gasteiger charge is 2.08. The standard InChI is InChI=1S/C17H16FN3OS2/c1-11-5-7-12(8-6-11)23-10-9-15(22)20-21-17-19-16-13(18)3-2-4-14(16)24-17/h2-8H,9-10H2,1H3,(H,19,21)(H,20,22). The molecule has 1 aromatic heterocycles. The molecule has 0 atom stereocenters. The van der Waals surface area contributed by atoms with Crippen LogP contribution in [0.3, 0.4) is 0 Å². The van der Waals surface area contributed by atoms with Crippen LogP contribution >= 0.6 is 23.1 Å². The number of carbonyl (C=O) groups is 1. The molecule has 0 aliphatic carbocycles. The maximum absolute atomic E-state index is 13.6. The second-order valence-electron chi connectivity index (χ2n) is 5.19. The van der Waals surface area contributed by atoms with E-state index in [2.05, 4.69) is 28.0 Å². The number of nitrogens with one attached hydrogen (secondary N) is 2. The van der Waals surface area contributed by atoms with Crippen molar-refractivity contribution in [3.05, 3.63) is 53.8 Å². The first-order valence-corrected chi connectivity index (χ1v) is 9.21. The van der Waals surface area contributed by atoms with E-state index in [0.717, 1.165) is 9.60 Å². The van der Waals surface area contributed by atoms with Gasteiger partial charge < -0.3 is 0 Å². The minimum atomic E-state index is -0.363. The molecular weight excluding hydrogens is 345 g/mol. The summed E-state index contributed by atoms with van der Waals surface area (Å²) in [5.41, 5.74) is 6.88. The molecule has 0 unspecified atom stereocenters. The van der Waals surface area contributed by atoms with Crippen LogP contribution in [0.5, 0.6) is 0 Å². The van der Waals surface area contributed by atoms with Crippen molar-refractivity contribution in [2.24, 2.45) is 0 Å². The van der Waals surface area contributed by atoms with E-state index < -0.39 is 0 Å². The zero-order valence-corrected chi connectivity index (χ0v) is 14.6. The number of fused-ring (bicyclic) bond motifs is 1. The summed E-state index contributed by atoms with van der Waals surface area (Å²) in [4.78, 5) is 17.1. The Bertz CT molecular complexity index is 849. The van der Waals surface area contributed by atoms with Crippen molar-refractivity contribution in [3.63, 3.8) is 0 Å². The van der Waals surface area contributed by atoms with Gasteiger partial charge in [-0.3, -0.25) is 15.6 Å². The van der Waals surface area contributed by atoms with Crippen LogP contribution in [-0.2, 0) is 4.79 Å². The molecule has 3 aromatic rings. The lowest BCUT2D eigenvalue weighted by molar-refractivity contribution is -0.120. The Morgan fingerprint density at radius 2 is 2.04 bits per heavy atom. The van der Waals surface area contributed by atoms with Gasteiger partial charge in [-0.1, -0.05) is 35.1 Å². The van der Waals surface area contributed by atoms with Crippen LogP contribution in [0.15, 0.2) is 47.4 Å². The highest BCUT2D eigenvalue weighted by molar-refractivity contribution is 7.99. The van der Waals surface area contributed by atoms with Crippen molar-refractivity contribution in [2.75, 3.05) is 11.2 Å². The predicted molar refractivity (Wildman–Crippen MR) is 97.9 cm³/mol. The second-order valence-corrected chi connectivity index (χ2v) is 7.39. The van der Waals surface area contributed by atoms with Crippen LogP contribution in [0.25, 0.3) is 10.2 Å². The number of aryl methyl sites for hydroxylation is 1. The van der Waals surface area contributed by atoms with Gasteiger partial charge in [-0.05, 0) is 31.2 Å². The molecule has 1 heterocycles. The van der Waals surface area contributed by atoms with E-state index in [-0.39, 0.29) is 11.7 Å². The van der Waals surface area contributed by atoms with Crippen LogP contribution in [0.4, 0.5) is 9.52 Å². The van der Waals surface area contributed by atoms with Crippen LogP contribution in [-0.4, -0.2) is 16.6 Å². The summed E-state index contributed by atoms with van der Waals surface area (Å²) >= 11 is 2.93. The molecule has 0 saturated heterocycles. The number of thioether (sulfide) groups is 1. The fourth-order valence-corrected chi connectivity index (χ4v) is 3.74. The smallest absolute Gasteiger partial charge is 0.239 e. The first-order chi connectivity index (χ1) is 11.6. The van der Waals surface area contributed by atoms with Crippen molar-refractivity contribution < 1.29 is 9.18 Å². The van der Waals surface area contributed by atoms with Gasteiger partial charge in [0.1, 0.15) is 11.3 Å². The Kier molecular flexibility index (Phi) is 5.32. The summed E-state index contributed by atoms with van der Waals surface area (Å²) < 4.78 is 14.3. The topological polar surface area (TPSA) is 54.0 Å². The molecule has 2 aromatic carbocycles. The van der Waals surface area contributed by atoms with Crippen molar-refractivity contribution >= 4 is 44.4 Å². The molecule has 3 rings (SSSR count). The summed E-state index contributed by atoms with van der Waals surface area (Å²) in [6.07, 6.45) is 0.380. The number of para-hydroxylation sites is 1. The van der Waals surface area contributed by atoms with E-state index in [1.165, 1.54) is 23.0 Å². The summed E-state index contributed by atoms with van der Waals surface area (Å²) in [6.45, 7) is 2.04. The van der Waals surface area contributed by atoms with E-state index in [0.29, 0.717) is 22.8 Å². The van der Waals surface area contributed by atoms with E-state index in [1.807, 2.05) is 19.1 Å². The molecule has 4 nitrogen and oxygen atoms in total. The lowest BCUT2D eigenvalue weighted by Crippen LogP contribution is -2.29. The number of hydrogen-bond donors (Lipinski definition) is 2. The van der Waals surface area contributed by atoms with Crippen LogP contribution in [0.1, 0.15) is 12.0 Å². The van der Waals surface area contributed by atoms with E-state index >= 15 is 0 Å². The maximum Gasteiger partial charge on any atom is 0.239 e. The molecule has 1 amide bonds. The van der Waals surface area contributed by atoms with Crippen molar-refractivity contribution in [2.45, 2.75) is 18.2 Å². The van der Waals surface area contributed by atoms with Gasteiger partial charge in [-0.25, -0.2) is 9.37 Å². The Morgan fingerprint density at radius 1 is 1.25 bits per heavy atom. The Balaban J connectivity index is 1.46. The van der Waals surface area contributed by atoms with Gasteiger partial charge in [0.05, 0.1) is 4.70 Å². The minimum Gasteiger partial charge on any atom is -0.273 e. The highest BCUT2D eigenvalue weighted by atomic mass is 32.2. The summed E-state index contributed by atoms with van der Waals surface area (Å²) in [7, 11) is 0. The number of benzene rings is 2. The normalized spacial score (nSPS) is 10.8. The van der Waals surface area contributed by atoms with Crippen LogP contribution in [0, 0.1) is 12.7 Å². The van der Waals surface area contributed by atoms with Gasteiger partial charge in [0, 0.05) is 17.1 Å². The zero-order valence-electron chi connectivity index (χ0n) is 13.0. The average molecular weight is 361 g/mol. The van der Waals surface area contributed by atoms with Crippen molar-refractivity contribution in [1.29, 1.82) is 0 Å². The summed E-state index contributed by atoms with van der Waals surface area (Å²) in [5.74, 6) is 0.192. The predicted octanol–water partition coefficient (Wildman–Crippen LogP) is 4.37. The number of carbonyl (C=O) groups excluding carboxylic acids is 1. The van der Waals surface area contributed by atoms with Gasteiger partial charge in [-0.15, -0.1) is 11.8 Å². The number of rotatable bonds is 6. The van der Waals surface area contributed by atoms with Crippen molar-refractivity contribution in [1.82, 2.24) is 10.4 Å². The number of anilines is 1. The Morgan fingerprint density at radius 3 is 2.79 bits per heavy atom. The average Bonchev–Trinajstić information content (AvgIpc) is 2.99. The highest BCUT2D eigenvalue weighted by Crippen LogP contribution is 2.27. The molecule has 0 bridgehead atoms. The molecule has 0 radical (unpaired) electrons. The SMILES string of the molecule is Cc1ccc(SCCC(=O)NNc2nc3c(F)cccc3s2)cc1. The molecule has 124 valence electrons. The van der Waals surface area contributed by atoms with Gasteiger partial charge in [-0.2, -0.15) is 0 Å². The number of hydrogen-bond acceptors (Lipinski definition) is 5. The third kappa shape index (κ3) is 4.24. The van der Waals surface area contributed by atoms with Gasteiger partial charge in [0.25, 0.3) is 0 Å². The number of hydrazine groups is 1. The quantitative estimate of drug-likeness (QED) is 0.506. The van der Waals surface area contributed by atoms with Gasteiger partial charge >= 0.3 is 0 Å². The molecule has 7 heteroatoms. The molecular formula is C17H16FN3OS2. The molecule has 0 saturated carbocycles. The number of halogens is 1. The number of nitrogens with zero attached hydrogens (tertiary/aromatic N) is 1. The zero-order chi connectivity index (χ0) is 16.9. The molecule has 0 aliphatic rings. The molecule has 0 aliphatic heterocycles. The van der Waals surface area contributed by atoms with Crippen LogP contribution in [0.2, 0.25) is 0 Å². The molecule has 24 heavy (non-hydrogen) atoms. The Labute approximate surface area is 147 Å². The number of aromatic nitrogens is 1. The fraction of sp³-hybridized carbons (Fsp3) is 0.176. The number of amides is 1. The first-order valence-electron chi connectivity index (χ1n) is 7.41. The monoisotopic (exact) mass is 361 g/mol. The van der Waals surface area contributed by atoms with Gasteiger partial charge in [0.15, 0.2) is 0 Å². The largest absolute Gasteiger partial charge is 0.273 e. The molecule has 0 fully saturated rings. The minimum absolute atomic E-state index is 0.130. The Hall–Kier alpha value is -2.12. The summed E-state index contributed by atoms with van der Waals surface area (Å²) in [5, 5.41) is 0.467. The molecule has 0 spiro atoms. The van der Waals surface area contributed by atoms with Crippen LogP contribution < -0.4 is 10.9 Å². The fourth-order valence-electron chi connectivity index (χ4n) is 2.05. The molecule has 2 N–H and O–H groups in total.